The first-order chi connectivity index (χ1) is 13.4. The molecule has 1 aliphatic rings. The number of nitro groups is 1. The molecule has 3 rings (SSSR count). The van der Waals surface area contributed by atoms with E-state index in [1.807, 2.05) is 7.05 Å². The summed E-state index contributed by atoms with van der Waals surface area (Å²) in [4.78, 5) is 28.0. The summed E-state index contributed by atoms with van der Waals surface area (Å²) >= 11 is 0. The van der Waals surface area contributed by atoms with Crippen molar-refractivity contribution in [1.29, 1.82) is 0 Å². The summed E-state index contributed by atoms with van der Waals surface area (Å²) in [5.41, 5.74) is 0.650. The first-order valence-electron chi connectivity index (χ1n) is 9.36. The Morgan fingerprint density at radius 3 is 2.31 bits per heavy atom. The van der Waals surface area contributed by atoms with E-state index in [4.69, 9.17) is 13.9 Å². The number of nitrogens with zero attached hydrogens (tertiary/aromatic N) is 3. The fourth-order valence-electron chi connectivity index (χ4n) is 3.34. The minimum atomic E-state index is -0.513. The molecule has 1 aliphatic heterocycles. The molecule has 160 valence electrons. The van der Waals surface area contributed by atoms with Crippen molar-refractivity contribution in [3.63, 3.8) is 0 Å². The number of nitro benzene ring substituents is 1. The fourth-order valence-corrected chi connectivity index (χ4v) is 3.34. The summed E-state index contributed by atoms with van der Waals surface area (Å²) in [5.74, 6) is 0.150. The Bertz CT molecular complexity index is 905. The van der Waals surface area contributed by atoms with Crippen molar-refractivity contribution >= 4 is 22.6 Å². The van der Waals surface area contributed by atoms with Gasteiger partial charge in [0.1, 0.15) is 0 Å². The number of fused-ring (bicyclic) bond motifs is 1. The van der Waals surface area contributed by atoms with Crippen LogP contribution in [0.2, 0.25) is 0 Å². The molecule has 9 nitrogen and oxygen atoms in total. The lowest BCUT2D eigenvalue weighted by molar-refractivity contribution is -0.385. The maximum atomic E-state index is 13.0. The van der Waals surface area contributed by atoms with Crippen molar-refractivity contribution in [2.75, 3.05) is 46.4 Å². The molecule has 29 heavy (non-hydrogen) atoms. The molecule has 1 aromatic heterocycles. The minimum absolute atomic E-state index is 0. The highest BCUT2D eigenvalue weighted by Gasteiger charge is 2.31. The number of amides is 1. The van der Waals surface area contributed by atoms with Gasteiger partial charge in [0.25, 0.3) is 5.91 Å². The van der Waals surface area contributed by atoms with Crippen molar-refractivity contribution in [3.8, 4) is 11.5 Å². The highest BCUT2D eigenvalue weighted by Crippen LogP contribution is 2.46. The predicted molar refractivity (Wildman–Crippen MR) is 103 cm³/mol. The summed E-state index contributed by atoms with van der Waals surface area (Å²) < 4.78 is 17.1. The van der Waals surface area contributed by atoms with Gasteiger partial charge in [0.05, 0.1) is 18.1 Å². The van der Waals surface area contributed by atoms with Gasteiger partial charge >= 0.3 is 5.69 Å². The molecule has 0 unspecified atom stereocenters. The number of halogens is 1. The van der Waals surface area contributed by atoms with Crippen LogP contribution in [0, 0.1) is 17.0 Å². The SMILES string of the molecule is CCOc1c([N+](=O)[O-])cc2c(C)c(C(=O)N3CCN(C)CC3)oc2c1OCC.[Cl-]. The maximum Gasteiger partial charge on any atom is 0.315 e. The number of benzene rings is 1. The molecule has 0 radical (unpaired) electrons. The van der Waals surface area contributed by atoms with Crippen molar-refractivity contribution < 1.29 is 36.0 Å². The van der Waals surface area contributed by atoms with Gasteiger partial charge in [0.2, 0.25) is 11.5 Å². The van der Waals surface area contributed by atoms with Crippen LogP contribution < -0.4 is 21.9 Å². The standard InChI is InChI=1S/C19H25N3O6.ClH/c1-5-26-17-14(22(24)25)11-13-12(3)15(28-16(13)18(17)27-6-2)19(23)21-9-7-20(4)8-10-21;/h11H,5-10H2,1-4H3;1H/p-1. The Morgan fingerprint density at radius 2 is 1.76 bits per heavy atom. The third-order valence-electron chi connectivity index (χ3n) is 4.88. The van der Waals surface area contributed by atoms with Crippen molar-refractivity contribution in [2.45, 2.75) is 20.8 Å². The molecule has 0 N–H and O–H groups in total. The topological polar surface area (TPSA) is 98.3 Å². The smallest absolute Gasteiger partial charge is 0.315 e. The van der Waals surface area contributed by atoms with E-state index in [0.29, 0.717) is 29.6 Å². The second kappa shape index (κ2) is 9.32. The number of hydrogen-bond acceptors (Lipinski definition) is 7. The molecule has 0 aliphatic carbocycles. The van der Waals surface area contributed by atoms with Crippen LogP contribution >= 0.6 is 0 Å². The van der Waals surface area contributed by atoms with E-state index in [1.165, 1.54) is 6.07 Å². The number of carbonyl (C=O) groups is 1. The van der Waals surface area contributed by atoms with Crippen molar-refractivity contribution in [2.24, 2.45) is 0 Å². The van der Waals surface area contributed by atoms with Crippen LogP contribution in [0.1, 0.15) is 30.0 Å². The number of ether oxygens (including phenoxy) is 2. The van der Waals surface area contributed by atoms with Crippen LogP contribution in [-0.2, 0) is 0 Å². The Balaban J connectivity index is 0.00000300. The number of likely N-dealkylation sites (N-methyl/N-ethyl adjacent to an activating group) is 1. The van der Waals surface area contributed by atoms with Gasteiger partial charge in [0.15, 0.2) is 11.3 Å². The average Bonchev–Trinajstić information content (AvgIpc) is 3.00. The lowest BCUT2D eigenvalue weighted by atomic mass is 10.1. The lowest BCUT2D eigenvalue weighted by Crippen LogP contribution is -3.00. The molecular weight excluding hydrogens is 402 g/mol. The summed E-state index contributed by atoms with van der Waals surface area (Å²) in [6.45, 7) is 8.53. The van der Waals surface area contributed by atoms with E-state index in [0.717, 1.165) is 13.1 Å². The second-order valence-corrected chi connectivity index (χ2v) is 6.71. The summed E-state index contributed by atoms with van der Waals surface area (Å²) in [7, 11) is 2.01. The molecule has 2 aromatic rings. The van der Waals surface area contributed by atoms with Gasteiger partial charge < -0.3 is 36.1 Å². The predicted octanol–water partition coefficient (Wildman–Crippen LogP) is -0.162. The molecule has 0 atom stereocenters. The Kier molecular flexibility index (Phi) is 7.32. The summed E-state index contributed by atoms with van der Waals surface area (Å²) in [6, 6.07) is 1.39. The molecular formula is C19H25ClN3O6-. The normalized spacial score (nSPS) is 14.6. The van der Waals surface area contributed by atoms with Gasteiger partial charge in [-0.25, -0.2) is 0 Å². The molecule has 0 saturated carbocycles. The lowest BCUT2D eigenvalue weighted by Gasteiger charge is -2.31. The molecule has 2 heterocycles. The number of aryl methyl sites for hydroxylation is 1. The van der Waals surface area contributed by atoms with Gasteiger partial charge in [-0.2, -0.15) is 0 Å². The molecule has 1 fully saturated rings. The number of piperazine rings is 1. The van der Waals surface area contributed by atoms with Gasteiger partial charge in [-0.15, -0.1) is 0 Å². The van der Waals surface area contributed by atoms with E-state index in [2.05, 4.69) is 4.90 Å². The molecule has 1 aromatic carbocycles. The Morgan fingerprint density at radius 1 is 1.17 bits per heavy atom. The van der Waals surface area contributed by atoms with Crippen LogP contribution in [-0.4, -0.2) is 67.1 Å². The van der Waals surface area contributed by atoms with Crippen molar-refractivity contribution in [1.82, 2.24) is 9.80 Å². The van der Waals surface area contributed by atoms with Gasteiger partial charge in [-0.1, -0.05) is 0 Å². The largest absolute Gasteiger partial charge is 1.00 e. The third kappa shape index (κ3) is 4.25. The number of carbonyl (C=O) groups excluding carboxylic acids is 1. The summed E-state index contributed by atoms with van der Waals surface area (Å²) in [6.07, 6.45) is 0. The van der Waals surface area contributed by atoms with Crippen LogP contribution in [0.3, 0.4) is 0 Å². The van der Waals surface area contributed by atoms with Gasteiger partial charge in [-0.3, -0.25) is 14.9 Å². The zero-order valence-corrected chi connectivity index (χ0v) is 17.7. The van der Waals surface area contributed by atoms with E-state index < -0.39 is 4.92 Å². The van der Waals surface area contributed by atoms with Crippen LogP contribution in [0.25, 0.3) is 11.0 Å². The van der Waals surface area contributed by atoms with Crippen LogP contribution in [0.5, 0.6) is 11.5 Å². The minimum Gasteiger partial charge on any atom is -1.00 e. The third-order valence-corrected chi connectivity index (χ3v) is 4.88. The molecule has 1 saturated heterocycles. The fraction of sp³-hybridized carbons (Fsp3) is 0.526. The highest BCUT2D eigenvalue weighted by molar-refractivity contribution is 6.02. The number of furan rings is 1. The quantitative estimate of drug-likeness (QED) is 0.467. The van der Waals surface area contributed by atoms with Gasteiger partial charge in [0, 0.05) is 43.2 Å². The number of hydrogen-bond donors (Lipinski definition) is 0. The first-order valence-corrected chi connectivity index (χ1v) is 9.36. The number of rotatable bonds is 6. The van der Waals surface area contributed by atoms with Crippen LogP contribution in [0.4, 0.5) is 5.69 Å². The van der Waals surface area contributed by atoms with E-state index >= 15 is 0 Å². The zero-order valence-electron chi connectivity index (χ0n) is 17.0. The van der Waals surface area contributed by atoms with E-state index in [9.17, 15) is 14.9 Å². The maximum absolute atomic E-state index is 13.0. The first kappa shape index (κ1) is 22.8. The molecule has 1 amide bonds. The monoisotopic (exact) mass is 426 g/mol. The zero-order chi connectivity index (χ0) is 20.4. The molecule has 0 spiro atoms. The Hall–Kier alpha value is -2.52. The average molecular weight is 427 g/mol. The second-order valence-electron chi connectivity index (χ2n) is 6.71. The van der Waals surface area contributed by atoms with Crippen LogP contribution in [0.15, 0.2) is 10.5 Å². The highest BCUT2D eigenvalue weighted by atomic mass is 35.5. The van der Waals surface area contributed by atoms with E-state index in [-0.39, 0.29) is 54.5 Å². The van der Waals surface area contributed by atoms with Gasteiger partial charge in [-0.05, 0) is 27.8 Å². The van der Waals surface area contributed by atoms with E-state index in [1.54, 1.807) is 25.7 Å². The Labute approximate surface area is 175 Å². The molecule has 0 bridgehead atoms. The van der Waals surface area contributed by atoms with Crippen molar-refractivity contribution in [3.05, 3.63) is 27.5 Å². The molecule has 10 heteroatoms. The summed E-state index contributed by atoms with van der Waals surface area (Å²) in [5, 5.41) is 12.1.